The van der Waals surface area contributed by atoms with Gasteiger partial charge in [0.1, 0.15) is 12.6 Å². The van der Waals surface area contributed by atoms with Gasteiger partial charge in [0.25, 0.3) is 5.91 Å². The van der Waals surface area contributed by atoms with Crippen LogP contribution in [-0.2, 0) is 9.53 Å². The molecule has 2 heterocycles. The quantitative estimate of drug-likeness (QED) is 0.834. The van der Waals surface area contributed by atoms with E-state index in [1.807, 2.05) is 17.4 Å². The maximum Gasteiger partial charge on any atom is 0.279 e. The molecular weight excluding hydrogens is 302 g/mol. The summed E-state index contributed by atoms with van der Waals surface area (Å²) in [6, 6.07) is 8.27. The average molecular weight is 332 g/mol. The topological polar surface area (TPSA) is 58.2 Å². The maximum atomic E-state index is 12.0. The number of nitrogens with one attached hydrogen (secondary N) is 1. The zero-order valence-corrected chi connectivity index (χ0v) is 14.5. The van der Waals surface area contributed by atoms with Gasteiger partial charge in [-0.2, -0.15) is 0 Å². The smallest absolute Gasteiger partial charge is 0.279 e. The molecule has 0 aromatic heterocycles. The number of benzene rings is 1. The fraction of sp³-hybridized carbons (Fsp3) is 0.632. The molecule has 2 aliphatic rings. The third-order valence-electron chi connectivity index (χ3n) is 4.91. The molecule has 1 amide bonds. The lowest BCUT2D eigenvalue weighted by Gasteiger charge is -2.22. The van der Waals surface area contributed by atoms with E-state index in [1.165, 1.54) is 31.4 Å². The fourth-order valence-corrected chi connectivity index (χ4v) is 3.53. The molecule has 2 saturated heterocycles. The van der Waals surface area contributed by atoms with E-state index in [9.17, 15) is 4.79 Å². The summed E-state index contributed by atoms with van der Waals surface area (Å²) in [5.74, 6) is 0.0514. The summed E-state index contributed by atoms with van der Waals surface area (Å²) in [6.45, 7) is 4.48. The van der Waals surface area contributed by atoms with E-state index in [0.717, 1.165) is 44.8 Å². The number of hydrogen-bond acceptors (Lipinski definition) is 3. The van der Waals surface area contributed by atoms with Crippen LogP contribution in [0.15, 0.2) is 24.3 Å². The van der Waals surface area contributed by atoms with Crippen LogP contribution >= 0.6 is 0 Å². The van der Waals surface area contributed by atoms with Gasteiger partial charge in [-0.3, -0.25) is 4.79 Å². The van der Waals surface area contributed by atoms with Crippen LogP contribution in [0.1, 0.15) is 38.5 Å². The van der Waals surface area contributed by atoms with Crippen LogP contribution in [0.25, 0.3) is 0 Å². The molecule has 132 valence electrons. The van der Waals surface area contributed by atoms with Crippen LogP contribution in [0.3, 0.4) is 0 Å². The number of nitrogens with two attached hydrogens (primary N) is 1. The van der Waals surface area contributed by atoms with Crippen molar-refractivity contribution < 1.29 is 14.8 Å². The third kappa shape index (κ3) is 5.21. The first-order chi connectivity index (χ1) is 11.8. The average Bonchev–Trinajstić information content (AvgIpc) is 2.96. The largest absolute Gasteiger partial charge is 0.372 e. The van der Waals surface area contributed by atoms with Gasteiger partial charge in [-0.05, 0) is 49.9 Å². The highest BCUT2D eigenvalue weighted by Gasteiger charge is 2.17. The predicted molar refractivity (Wildman–Crippen MR) is 96.4 cm³/mol. The second kappa shape index (κ2) is 9.04. The lowest BCUT2D eigenvalue weighted by Crippen LogP contribution is -2.88. The summed E-state index contributed by atoms with van der Waals surface area (Å²) < 4.78 is 5.57. The molecule has 5 heteroatoms. The van der Waals surface area contributed by atoms with Gasteiger partial charge in [0.15, 0.2) is 6.54 Å². The molecule has 0 spiro atoms. The number of nitrogens with zero attached hydrogens (tertiary/aromatic N) is 1. The SMILES string of the molecule is O=C(C[NH2+]C[C@H]1CCCO1)Nc1ccc(N2CCCCCC2)cc1. The van der Waals surface area contributed by atoms with Gasteiger partial charge < -0.3 is 20.3 Å². The minimum Gasteiger partial charge on any atom is -0.372 e. The molecule has 1 aromatic carbocycles. The number of hydrogen-bond donors (Lipinski definition) is 2. The van der Waals surface area contributed by atoms with Crippen molar-refractivity contribution in [2.45, 2.75) is 44.6 Å². The normalized spacial score (nSPS) is 21.5. The van der Waals surface area contributed by atoms with Crippen LogP contribution in [0.5, 0.6) is 0 Å². The number of anilines is 2. The van der Waals surface area contributed by atoms with E-state index < -0.39 is 0 Å². The third-order valence-corrected chi connectivity index (χ3v) is 4.91. The Kier molecular flexibility index (Phi) is 6.49. The zero-order valence-electron chi connectivity index (χ0n) is 14.5. The molecule has 0 bridgehead atoms. The van der Waals surface area contributed by atoms with Crippen molar-refractivity contribution in [1.82, 2.24) is 0 Å². The number of ether oxygens (including phenoxy) is 1. The van der Waals surface area contributed by atoms with E-state index in [4.69, 9.17) is 4.74 Å². The highest BCUT2D eigenvalue weighted by Crippen LogP contribution is 2.21. The summed E-state index contributed by atoms with van der Waals surface area (Å²) in [7, 11) is 0. The molecule has 3 rings (SSSR count). The highest BCUT2D eigenvalue weighted by atomic mass is 16.5. The van der Waals surface area contributed by atoms with Crippen molar-refractivity contribution in [3.8, 4) is 0 Å². The van der Waals surface area contributed by atoms with Gasteiger partial charge >= 0.3 is 0 Å². The second-order valence-corrected chi connectivity index (χ2v) is 6.86. The molecule has 0 aliphatic carbocycles. The molecule has 0 saturated carbocycles. The minimum absolute atomic E-state index is 0.0514. The molecule has 24 heavy (non-hydrogen) atoms. The Hall–Kier alpha value is -1.59. The summed E-state index contributed by atoms with van der Waals surface area (Å²) >= 11 is 0. The number of quaternary nitrogens is 1. The first-order valence-corrected chi connectivity index (χ1v) is 9.39. The van der Waals surface area contributed by atoms with Crippen molar-refractivity contribution in [3.05, 3.63) is 24.3 Å². The van der Waals surface area contributed by atoms with E-state index in [0.29, 0.717) is 12.6 Å². The molecule has 5 nitrogen and oxygen atoms in total. The molecule has 0 unspecified atom stereocenters. The van der Waals surface area contributed by atoms with Crippen molar-refractivity contribution in [2.75, 3.05) is 43.0 Å². The van der Waals surface area contributed by atoms with Crippen molar-refractivity contribution in [2.24, 2.45) is 0 Å². The van der Waals surface area contributed by atoms with Crippen molar-refractivity contribution >= 4 is 17.3 Å². The molecule has 1 aromatic rings. The highest BCUT2D eigenvalue weighted by molar-refractivity contribution is 5.91. The van der Waals surface area contributed by atoms with Crippen molar-refractivity contribution in [1.29, 1.82) is 0 Å². The summed E-state index contributed by atoms with van der Waals surface area (Å²) in [6.07, 6.45) is 7.83. The van der Waals surface area contributed by atoms with Gasteiger partial charge in [-0.25, -0.2) is 0 Å². The van der Waals surface area contributed by atoms with E-state index in [1.54, 1.807) is 0 Å². The second-order valence-electron chi connectivity index (χ2n) is 6.86. The lowest BCUT2D eigenvalue weighted by atomic mass is 10.2. The molecule has 2 aliphatic heterocycles. The van der Waals surface area contributed by atoms with Crippen molar-refractivity contribution in [3.63, 3.8) is 0 Å². The first kappa shape index (κ1) is 17.2. The van der Waals surface area contributed by atoms with Gasteiger partial charge in [0.2, 0.25) is 0 Å². The minimum atomic E-state index is 0.0514. The first-order valence-electron chi connectivity index (χ1n) is 9.39. The Balaban J connectivity index is 1.42. The van der Waals surface area contributed by atoms with Gasteiger partial charge in [-0.1, -0.05) is 12.8 Å². The molecule has 1 atom stereocenters. The van der Waals surface area contributed by atoms with Crippen LogP contribution in [0, 0.1) is 0 Å². The fourth-order valence-electron chi connectivity index (χ4n) is 3.53. The monoisotopic (exact) mass is 332 g/mol. The lowest BCUT2D eigenvalue weighted by molar-refractivity contribution is -0.649. The summed E-state index contributed by atoms with van der Waals surface area (Å²) in [4.78, 5) is 14.5. The Bertz CT molecular complexity index is 504. The summed E-state index contributed by atoms with van der Waals surface area (Å²) in [5, 5.41) is 5.02. The van der Waals surface area contributed by atoms with Gasteiger partial charge in [-0.15, -0.1) is 0 Å². The van der Waals surface area contributed by atoms with E-state index in [-0.39, 0.29) is 5.91 Å². The van der Waals surface area contributed by atoms with E-state index in [2.05, 4.69) is 22.3 Å². The summed E-state index contributed by atoms with van der Waals surface area (Å²) in [5.41, 5.74) is 2.14. The van der Waals surface area contributed by atoms with E-state index >= 15 is 0 Å². The van der Waals surface area contributed by atoms with Crippen LogP contribution in [0.4, 0.5) is 11.4 Å². The Morgan fingerprint density at radius 3 is 2.54 bits per heavy atom. The van der Waals surface area contributed by atoms with Gasteiger partial charge in [0.05, 0.1) is 0 Å². The van der Waals surface area contributed by atoms with Crippen LogP contribution in [-0.4, -0.2) is 44.8 Å². The number of amides is 1. The number of rotatable bonds is 6. The Labute approximate surface area is 144 Å². The molecule has 0 radical (unpaired) electrons. The standard InChI is InChI=1S/C19H29N3O2/c23-19(15-20-14-18-6-5-13-24-18)21-16-7-9-17(10-8-16)22-11-3-1-2-4-12-22/h7-10,18,20H,1-6,11-15H2,(H,21,23)/p+1/t18-/m1/s1. The Morgan fingerprint density at radius 1 is 1.12 bits per heavy atom. The number of carbonyl (C=O) groups is 1. The molecule has 2 fully saturated rings. The van der Waals surface area contributed by atoms with Crippen LogP contribution < -0.4 is 15.5 Å². The number of carbonyl (C=O) groups excluding carboxylic acids is 1. The molecule has 3 N–H and O–H groups in total. The maximum absolute atomic E-state index is 12.0. The van der Waals surface area contributed by atoms with Crippen LogP contribution in [0.2, 0.25) is 0 Å². The zero-order chi connectivity index (χ0) is 16.6. The Morgan fingerprint density at radius 2 is 1.88 bits per heavy atom. The predicted octanol–water partition coefficient (Wildman–Crippen LogP) is 1.75. The van der Waals surface area contributed by atoms with Gasteiger partial charge in [0, 0.05) is 31.1 Å². The molecular formula is C19H30N3O2+.